The van der Waals surface area contributed by atoms with Crippen molar-refractivity contribution in [3.8, 4) is 0 Å². The van der Waals surface area contributed by atoms with Crippen molar-refractivity contribution in [1.82, 2.24) is 4.90 Å². The summed E-state index contributed by atoms with van der Waals surface area (Å²) >= 11 is 3.31. The highest BCUT2D eigenvalue weighted by atomic mass is 79.9. The normalized spacial score (nSPS) is 20.6. The lowest BCUT2D eigenvalue weighted by molar-refractivity contribution is -0.384. The van der Waals surface area contributed by atoms with Crippen LogP contribution in [0.4, 0.5) is 11.4 Å². The Balaban J connectivity index is 2.26. The van der Waals surface area contributed by atoms with Gasteiger partial charge in [0.15, 0.2) is 0 Å². The van der Waals surface area contributed by atoms with Crippen LogP contribution in [-0.4, -0.2) is 41.0 Å². The van der Waals surface area contributed by atoms with Crippen molar-refractivity contribution in [2.24, 2.45) is 0 Å². The molecule has 0 bridgehead atoms. The van der Waals surface area contributed by atoms with Crippen LogP contribution >= 0.6 is 15.9 Å². The first-order valence-corrected chi connectivity index (χ1v) is 7.95. The summed E-state index contributed by atoms with van der Waals surface area (Å²) in [4.78, 5) is 15.6. The van der Waals surface area contributed by atoms with Crippen LogP contribution in [0.15, 0.2) is 22.7 Å². The van der Waals surface area contributed by atoms with Gasteiger partial charge in [0.1, 0.15) is 5.69 Å². The van der Waals surface area contributed by atoms with E-state index in [1.807, 2.05) is 12.1 Å². The highest BCUT2D eigenvalue weighted by Crippen LogP contribution is 2.34. The minimum atomic E-state index is -0.303. The van der Waals surface area contributed by atoms with Crippen LogP contribution in [0.2, 0.25) is 0 Å². The number of nitro benzene ring substituents is 1. The van der Waals surface area contributed by atoms with Crippen molar-refractivity contribution in [2.75, 3.05) is 24.5 Å². The van der Waals surface area contributed by atoms with E-state index in [0.717, 1.165) is 24.1 Å². The molecule has 0 aliphatic carbocycles. The summed E-state index contributed by atoms with van der Waals surface area (Å²) in [5.74, 6) is 0. The summed E-state index contributed by atoms with van der Waals surface area (Å²) in [6.45, 7) is 11.4. The first kappa shape index (κ1) is 16.2. The molecule has 0 N–H and O–H groups in total. The quantitative estimate of drug-likeness (QED) is 0.599. The Kier molecular flexibility index (Phi) is 4.58. The highest BCUT2D eigenvalue weighted by Gasteiger charge is 2.32. The van der Waals surface area contributed by atoms with Gasteiger partial charge in [-0.25, -0.2) is 0 Å². The zero-order chi connectivity index (χ0) is 15.8. The average molecular weight is 356 g/mol. The number of piperazine rings is 1. The minimum Gasteiger partial charge on any atom is -0.361 e. The van der Waals surface area contributed by atoms with Crippen LogP contribution in [0.1, 0.15) is 27.7 Å². The van der Waals surface area contributed by atoms with E-state index in [1.54, 1.807) is 6.07 Å². The molecule has 5 nitrogen and oxygen atoms in total. The van der Waals surface area contributed by atoms with Crippen molar-refractivity contribution >= 4 is 27.3 Å². The molecule has 1 aromatic rings. The van der Waals surface area contributed by atoms with Crippen molar-refractivity contribution in [2.45, 2.75) is 39.3 Å². The molecular formula is C15H22BrN3O2. The minimum absolute atomic E-state index is 0.131. The Morgan fingerprint density at radius 2 is 2.00 bits per heavy atom. The standard InChI is InChI=1S/C15H22BrN3O2/c1-11-10-17(15(2,3)4)7-8-18(11)13-6-5-12(16)9-14(13)19(20)21/h5-6,9,11H,7-8,10H2,1-4H3. The first-order valence-electron chi connectivity index (χ1n) is 7.16. The van der Waals surface area contributed by atoms with Gasteiger partial charge in [-0.1, -0.05) is 15.9 Å². The molecule has 1 saturated heterocycles. The van der Waals surface area contributed by atoms with Gasteiger partial charge in [-0.15, -0.1) is 0 Å². The fourth-order valence-corrected chi connectivity index (χ4v) is 3.16. The van der Waals surface area contributed by atoms with E-state index in [4.69, 9.17) is 0 Å². The molecule has 1 aliphatic rings. The number of benzene rings is 1. The van der Waals surface area contributed by atoms with Crippen molar-refractivity contribution < 1.29 is 4.92 Å². The van der Waals surface area contributed by atoms with Crippen LogP contribution in [0.3, 0.4) is 0 Å². The molecule has 1 unspecified atom stereocenters. The molecule has 1 aromatic carbocycles. The second kappa shape index (κ2) is 5.93. The predicted octanol–water partition coefficient (Wildman–Crippen LogP) is 3.67. The lowest BCUT2D eigenvalue weighted by Crippen LogP contribution is -2.57. The van der Waals surface area contributed by atoms with Crippen molar-refractivity contribution in [1.29, 1.82) is 0 Å². The van der Waals surface area contributed by atoms with Gasteiger partial charge in [0.25, 0.3) is 5.69 Å². The topological polar surface area (TPSA) is 49.6 Å². The van der Waals surface area contributed by atoms with E-state index in [9.17, 15) is 10.1 Å². The number of nitro groups is 1. The highest BCUT2D eigenvalue weighted by molar-refractivity contribution is 9.10. The van der Waals surface area contributed by atoms with Crippen molar-refractivity contribution in [3.63, 3.8) is 0 Å². The molecule has 0 amide bonds. The molecule has 6 heteroatoms. The maximum atomic E-state index is 11.3. The Bertz CT molecular complexity index is 542. The van der Waals surface area contributed by atoms with Gasteiger partial charge in [-0.2, -0.15) is 0 Å². The molecule has 2 rings (SSSR count). The molecule has 0 spiro atoms. The summed E-state index contributed by atoms with van der Waals surface area (Å²) in [6, 6.07) is 5.53. The molecule has 21 heavy (non-hydrogen) atoms. The van der Waals surface area contributed by atoms with Crippen LogP contribution in [0.25, 0.3) is 0 Å². The van der Waals surface area contributed by atoms with Gasteiger partial charge in [0.2, 0.25) is 0 Å². The third kappa shape index (κ3) is 3.55. The Morgan fingerprint density at radius 3 is 2.52 bits per heavy atom. The smallest absolute Gasteiger partial charge is 0.293 e. The van der Waals surface area contributed by atoms with E-state index in [2.05, 4.69) is 53.4 Å². The van der Waals surface area contributed by atoms with E-state index in [-0.39, 0.29) is 22.2 Å². The third-order valence-electron chi connectivity index (χ3n) is 4.02. The van der Waals surface area contributed by atoms with Gasteiger partial charge < -0.3 is 4.90 Å². The average Bonchev–Trinajstić information content (AvgIpc) is 2.38. The maximum Gasteiger partial charge on any atom is 0.293 e. The molecule has 1 aliphatic heterocycles. The van der Waals surface area contributed by atoms with Gasteiger partial charge in [0, 0.05) is 41.8 Å². The summed E-state index contributed by atoms with van der Waals surface area (Å²) in [5.41, 5.74) is 1.01. The van der Waals surface area contributed by atoms with Gasteiger partial charge in [-0.05, 0) is 39.8 Å². The monoisotopic (exact) mass is 355 g/mol. The fraction of sp³-hybridized carbons (Fsp3) is 0.600. The summed E-state index contributed by atoms with van der Waals surface area (Å²) < 4.78 is 0.735. The lowest BCUT2D eigenvalue weighted by atomic mass is 10.0. The number of hydrogen-bond acceptors (Lipinski definition) is 4. The van der Waals surface area contributed by atoms with Crippen LogP contribution in [0.5, 0.6) is 0 Å². The Hall–Kier alpha value is -1.14. The molecule has 1 atom stereocenters. The summed E-state index contributed by atoms with van der Waals surface area (Å²) in [5, 5.41) is 11.3. The van der Waals surface area contributed by atoms with E-state index in [0.29, 0.717) is 5.69 Å². The second-order valence-electron chi connectivity index (χ2n) is 6.55. The number of halogens is 1. The second-order valence-corrected chi connectivity index (χ2v) is 7.47. The fourth-order valence-electron chi connectivity index (χ4n) is 2.81. The van der Waals surface area contributed by atoms with Gasteiger partial charge in [0.05, 0.1) is 4.92 Å². The maximum absolute atomic E-state index is 11.3. The van der Waals surface area contributed by atoms with E-state index < -0.39 is 0 Å². The number of anilines is 1. The van der Waals surface area contributed by atoms with Crippen LogP contribution < -0.4 is 4.90 Å². The SMILES string of the molecule is CC1CN(C(C)(C)C)CCN1c1ccc(Br)cc1[N+](=O)[O-]. The molecular weight excluding hydrogens is 334 g/mol. The largest absolute Gasteiger partial charge is 0.361 e. The van der Waals surface area contributed by atoms with Crippen LogP contribution in [0, 0.1) is 10.1 Å². The molecule has 1 heterocycles. The van der Waals surface area contributed by atoms with Gasteiger partial charge in [-0.3, -0.25) is 15.0 Å². The molecule has 0 radical (unpaired) electrons. The Labute approximate surface area is 134 Å². The van der Waals surface area contributed by atoms with Crippen LogP contribution in [-0.2, 0) is 0 Å². The molecule has 0 saturated carbocycles. The van der Waals surface area contributed by atoms with Crippen molar-refractivity contribution in [3.05, 3.63) is 32.8 Å². The third-order valence-corrected chi connectivity index (χ3v) is 4.51. The first-order chi connectivity index (χ1) is 9.70. The predicted molar refractivity (Wildman–Crippen MR) is 88.9 cm³/mol. The molecule has 1 fully saturated rings. The van der Waals surface area contributed by atoms with E-state index >= 15 is 0 Å². The number of rotatable bonds is 2. The van der Waals surface area contributed by atoms with Gasteiger partial charge >= 0.3 is 0 Å². The zero-order valence-corrected chi connectivity index (χ0v) is 14.6. The summed E-state index contributed by atoms with van der Waals surface area (Å²) in [6.07, 6.45) is 0. The number of nitrogens with zero attached hydrogens (tertiary/aromatic N) is 3. The lowest BCUT2D eigenvalue weighted by Gasteiger charge is -2.46. The molecule has 116 valence electrons. The Morgan fingerprint density at radius 1 is 1.33 bits per heavy atom. The van der Waals surface area contributed by atoms with E-state index in [1.165, 1.54) is 0 Å². The molecule has 0 aromatic heterocycles. The zero-order valence-electron chi connectivity index (χ0n) is 13.0. The number of hydrogen-bond donors (Lipinski definition) is 0. The summed E-state index contributed by atoms with van der Waals surface area (Å²) in [7, 11) is 0.